The minimum atomic E-state index is -3.68. The van der Waals surface area contributed by atoms with E-state index in [0.717, 1.165) is 33.3 Å². The van der Waals surface area contributed by atoms with Gasteiger partial charge in [0.25, 0.3) is 15.6 Å². The standard InChI is InChI=1S/C24H20ClN3O3S/c1-3-32(30,31)27-18-12-13-23(26-17-10-8-16(25)9-11-17)21(14-18)22-15-28(2)24(29)20-7-5-4-6-19(20)22/h3-15,26-27H,1H2,2H3. The second-order valence-electron chi connectivity index (χ2n) is 7.21. The Morgan fingerprint density at radius 1 is 0.938 bits per heavy atom. The quantitative estimate of drug-likeness (QED) is 0.394. The molecule has 1 heterocycles. The molecule has 0 aliphatic heterocycles. The normalized spacial score (nSPS) is 11.3. The molecule has 4 rings (SSSR count). The highest BCUT2D eigenvalue weighted by Crippen LogP contribution is 2.36. The Hall–Kier alpha value is -3.55. The number of nitrogens with one attached hydrogen (secondary N) is 2. The number of nitrogens with zero attached hydrogens (tertiary/aromatic N) is 1. The van der Waals surface area contributed by atoms with Crippen molar-refractivity contribution in [3.05, 3.63) is 100 Å². The molecule has 0 aliphatic rings. The van der Waals surface area contributed by atoms with Crippen molar-refractivity contribution in [2.45, 2.75) is 0 Å². The van der Waals surface area contributed by atoms with E-state index in [4.69, 9.17) is 11.6 Å². The van der Waals surface area contributed by atoms with Gasteiger partial charge in [-0.2, -0.15) is 0 Å². The van der Waals surface area contributed by atoms with E-state index in [0.29, 0.717) is 16.1 Å². The zero-order valence-corrected chi connectivity index (χ0v) is 18.7. The molecule has 3 aromatic carbocycles. The highest BCUT2D eigenvalue weighted by atomic mass is 35.5. The Morgan fingerprint density at radius 3 is 2.28 bits per heavy atom. The van der Waals surface area contributed by atoms with Crippen LogP contribution in [0.1, 0.15) is 0 Å². The van der Waals surface area contributed by atoms with Crippen LogP contribution in [0.2, 0.25) is 5.02 Å². The largest absolute Gasteiger partial charge is 0.355 e. The maximum atomic E-state index is 12.6. The highest BCUT2D eigenvalue weighted by Gasteiger charge is 2.15. The molecule has 1 aromatic heterocycles. The van der Waals surface area contributed by atoms with Gasteiger partial charge in [-0.3, -0.25) is 9.52 Å². The highest BCUT2D eigenvalue weighted by molar-refractivity contribution is 7.95. The summed E-state index contributed by atoms with van der Waals surface area (Å²) in [4.78, 5) is 12.6. The summed E-state index contributed by atoms with van der Waals surface area (Å²) in [6.07, 6.45) is 1.75. The van der Waals surface area contributed by atoms with E-state index in [9.17, 15) is 13.2 Å². The van der Waals surface area contributed by atoms with Gasteiger partial charge in [0.2, 0.25) is 0 Å². The molecule has 0 fully saturated rings. The second-order valence-corrected chi connectivity index (χ2v) is 9.27. The van der Waals surface area contributed by atoms with E-state index in [1.54, 1.807) is 49.6 Å². The van der Waals surface area contributed by atoms with E-state index < -0.39 is 10.0 Å². The van der Waals surface area contributed by atoms with Gasteiger partial charge in [0.15, 0.2) is 0 Å². The lowest BCUT2D eigenvalue weighted by Crippen LogP contribution is -2.16. The van der Waals surface area contributed by atoms with Gasteiger partial charge >= 0.3 is 0 Å². The lowest BCUT2D eigenvalue weighted by molar-refractivity contribution is 0.609. The molecule has 0 saturated heterocycles. The number of hydrogen-bond donors (Lipinski definition) is 2. The minimum absolute atomic E-state index is 0.111. The predicted molar refractivity (Wildman–Crippen MR) is 132 cm³/mol. The number of hydrogen-bond acceptors (Lipinski definition) is 4. The molecule has 0 spiro atoms. The Balaban J connectivity index is 1.94. The average molecular weight is 466 g/mol. The molecular weight excluding hydrogens is 446 g/mol. The number of anilines is 3. The van der Waals surface area contributed by atoms with Gasteiger partial charge in [-0.25, -0.2) is 8.42 Å². The fourth-order valence-electron chi connectivity index (χ4n) is 3.47. The van der Waals surface area contributed by atoms with E-state index >= 15 is 0 Å². The Morgan fingerprint density at radius 2 is 1.59 bits per heavy atom. The molecule has 32 heavy (non-hydrogen) atoms. The molecule has 0 amide bonds. The van der Waals surface area contributed by atoms with Gasteiger partial charge in [0.1, 0.15) is 0 Å². The van der Waals surface area contributed by atoms with Crippen molar-refractivity contribution >= 4 is 49.5 Å². The van der Waals surface area contributed by atoms with E-state index in [1.165, 1.54) is 4.57 Å². The summed E-state index contributed by atoms with van der Waals surface area (Å²) in [5, 5.41) is 6.17. The Bertz CT molecular complexity index is 1490. The zero-order valence-electron chi connectivity index (χ0n) is 17.2. The first-order chi connectivity index (χ1) is 15.3. The first kappa shape index (κ1) is 21.7. The van der Waals surface area contributed by atoms with E-state index in [1.807, 2.05) is 30.3 Å². The molecule has 0 aliphatic carbocycles. The van der Waals surface area contributed by atoms with Crippen molar-refractivity contribution in [3.63, 3.8) is 0 Å². The summed E-state index contributed by atoms with van der Waals surface area (Å²) in [7, 11) is -1.99. The molecule has 6 nitrogen and oxygen atoms in total. The summed E-state index contributed by atoms with van der Waals surface area (Å²) in [5.41, 5.74) is 3.30. The minimum Gasteiger partial charge on any atom is -0.355 e. The van der Waals surface area contributed by atoms with Crippen LogP contribution >= 0.6 is 11.6 Å². The SMILES string of the molecule is C=CS(=O)(=O)Nc1ccc(Nc2ccc(Cl)cc2)c(-c2cn(C)c(=O)c3ccccc23)c1. The van der Waals surface area contributed by atoms with Gasteiger partial charge in [-0.15, -0.1) is 0 Å². The number of sulfonamides is 1. The number of halogens is 1. The van der Waals surface area contributed by atoms with Crippen molar-refractivity contribution in [3.8, 4) is 11.1 Å². The molecule has 0 unspecified atom stereocenters. The molecular formula is C24H20ClN3O3S. The molecule has 8 heteroatoms. The number of aryl methyl sites for hydroxylation is 1. The van der Waals surface area contributed by atoms with Crippen LogP contribution in [0.15, 0.2) is 89.7 Å². The van der Waals surface area contributed by atoms with Crippen molar-refractivity contribution < 1.29 is 8.42 Å². The first-order valence-corrected chi connectivity index (χ1v) is 11.6. The maximum absolute atomic E-state index is 12.6. The summed E-state index contributed by atoms with van der Waals surface area (Å²) in [6.45, 7) is 3.34. The third kappa shape index (κ3) is 4.39. The fraction of sp³-hybridized carbons (Fsp3) is 0.0417. The number of benzene rings is 3. The van der Waals surface area contributed by atoms with Crippen LogP contribution < -0.4 is 15.6 Å². The molecule has 4 aromatic rings. The zero-order chi connectivity index (χ0) is 22.9. The van der Waals surface area contributed by atoms with Crippen molar-refractivity contribution in [1.29, 1.82) is 0 Å². The monoisotopic (exact) mass is 465 g/mol. The predicted octanol–water partition coefficient (Wildman–Crippen LogP) is 5.49. The van der Waals surface area contributed by atoms with Crippen molar-refractivity contribution in [1.82, 2.24) is 4.57 Å². The third-order valence-electron chi connectivity index (χ3n) is 5.00. The first-order valence-electron chi connectivity index (χ1n) is 9.68. The molecule has 2 N–H and O–H groups in total. The Kier molecular flexibility index (Phi) is 5.78. The van der Waals surface area contributed by atoms with Crippen LogP contribution in [0.25, 0.3) is 21.9 Å². The van der Waals surface area contributed by atoms with E-state index in [-0.39, 0.29) is 5.56 Å². The van der Waals surface area contributed by atoms with Crippen LogP contribution in [0.3, 0.4) is 0 Å². The Labute approximate surface area is 190 Å². The smallest absolute Gasteiger partial charge is 0.258 e. The number of fused-ring (bicyclic) bond motifs is 1. The lowest BCUT2D eigenvalue weighted by Gasteiger charge is -2.17. The van der Waals surface area contributed by atoms with Gasteiger partial charge in [-0.1, -0.05) is 36.4 Å². The summed E-state index contributed by atoms with van der Waals surface area (Å²) in [6, 6.07) is 19.7. The second kappa shape index (κ2) is 8.53. The van der Waals surface area contributed by atoms with Gasteiger partial charge < -0.3 is 9.88 Å². The van der Waals surface area contributed by atoms with Crippen LogP contribution in [0.5, 0.6) is 0 Å². The fourth-order valence-corrected chi connectivity index (χ4v) is 4.13. The van der Waals surface area contributed by atoms with Crippen LogP contribution in [0.4, 0.5) is 17.1 Å². The molecule has 0 bridgehead atoms. The summed E-state index contributed by atoms with van der Waals surface area (Å²) < 4.78 is 28.1. The number of pyridine rings is 1. The number of aromatic nitrogens is 1. The van der Waals surface area contributed by atoms with Gasteiger partial charge in [0.05, 0.1) is 0 Å². The molecule has 0 radical (unpaired) electrons. The van der Waals surface area contributed by atoms with Crippen molar-refractivity contribution in [2.75, 3.05) is 10.0 Å². The molecule has 0 atom stereocenters. The molecule has 162 valence electrons. The maximum Gasteiger partial charge on any atom is 0.258 e. The third-order valence-corrected chi connectivity index (χ3v) is 6.21. The topological polar surface area (TPSA) is 80.2 Å². The van der Waals surface area contributed by atoms with Crippen LogP contribution in [0, 0.1) is 0 Å². The van der Waals surface area contributed by atoms with Crippen LogP contribution in [-0.4, -0.2) is 13.0 Å². The summed E-state index contributed by atoms with van der Waals surface area (Å²) in [5.74, 6) is 0. The van der Waals surface area contributed by atoms with Crippen molar-refractivity contribution in [2.24, 2.45) is 7.05 Å². The number of rotatable bonds is 6. The summed E-state index contributed by atoms with van der Waals surface area (Å²) >= 11 is 6.00. The van der Waals surface area contributed by atoms with Crippen LogP contribution in [-0.2, 0) is 17.1 Å². The molecule has 0 saturated carbocycles. The lowest BCUT2D eigenvalue weighted by atomic mass is 9.98. The van der Waals surface area contributed by atoms with Gasteiger partial charge in [-0.05, 0) is 53.9 Å². The average Bonchev–Trinajstić information content (AvgIpc) is 2.78. The van der Waals surface area contributed by atoms with Gasteiger partial charge in [0, 0.05) is 57.3 Å². The van der Waals surface area contributed by atoms with E-state index in [2.05, 4.69) is 16.6 Å².